The van der Waals surface area contributed by atoms with E-state index in [2.05, 4.69) is 49.5 Å². The van der Waals surface area contributed by atoms with Gasteiger partial charge in [-0.15, -0.1) is 5.10 Å². The normalized spacial score (nSPS) is 17.5. The van der Waals surface area contributed by atoms with Crippen LogP contribution in [0.2, 0.25) is 0 Å². The smallest absolute Gasteiger partial charge is 0.256 e. The monoisotopic (exact) mass is 517 g/mol. The molecule has 1 aromatic carbocycles. The standard InChI is InChI=1S/C27H35N9O2/c1-16-12-29-27(31-22-15-35(5)33-26(22)38-6)32-23(16)20-13-28-24-19(20)8-7-9-21(24)30-25(37)18(3)36-11-10-34(4)17(2)14-36/h7-9,12-13,15,17-18,28H,10-11,14H2,1-6H3,(H,30,37)(H,29,31,32)/t17-,18?/m0/s1. The lowest BCUT2D eigenvalue weighted by Gasteiger charge is -2.40. The highest BCUT2D eigenvalue weighted by atomic mass is 16.5. The van der Waals surface area contributed by atoms with Crippen LogP contribution in [0.4, 0.5) is 17.3 Å². The number of carbonyl (C=O) groups is 1. The van der Waals surface area contributed by atoms with Gasteiger partial charge in [-0.25, -0.2) is 9.97 Å². The Morgan fingerprint density at radius 1 is 1.24 bits per heavy atom. The number of rotatable bonds is 7. The first-order chi connectivity index (χ1) is 18.2. The Bertz CT molecular complexity index is 1460. The Morgan fingerprint density at radius 2 is 2.05 bits per heavy atom. The number of hydrogen-bond donors (Lipinski definition) is 3. The SMILES string of the molecule is COc1nn(C)cc1Nc1ncc(C)c(-c2c[nH]c3c(NC(=O)C(C)N4CCN(C)[C@@H](C)C4)cccc23)n1. The summed E-state index contributed by atoms with van der Waals surface area (Å²) in [6.07, 6.45) is 5.53. The zero-order chi connectivity index (χ0) is 27.0. The number of likely N-dealkylation sites (N-methyl/N-ethyl adjacent to an activating group) is 1. The molecular weight excluding hydrogens is 482 g/mol. The minimum Gasteiger partial charge on any atom is -0.478 e. The Kier molecular flexibility index (Phi) is 7.04. The molecule has 0 radical (unpaired) electrons. The van der Waals surface area contributed by atoms with E-state index >= 15 is 0 Å². The van der Waals surface area contributed by atoms with Crippen molar-refractivity contribution in [3.63, 3.8) is 0 Å². The van der Waals surface area contributed by atoms with Gasteiger partial charge in [0.25, 0.3) is 5.88 Å². The molecule has 4 aromatic rings. The predicted molar refractivity (Wildman–Crippen MR) is 149 cm³/mol. The fourth-order valence-electron chi connectivity index (χ4n) is 4.89. The maximum absolute atomic E-state index is 13.2. The third-order valence-corrected chi connectivity index (χ3v) is 7.35. The van der Waals surface area contributed by atoms with Crippen LogP contribution in [0, 0.1) is 6.92 Å². The summed E-state index contributed by atoms with van der Waals surface area (Å²) in [4.78, 5) is 30.4. The van der Waals surface area contributed by atoms with Crippen LogP contribution in [-0.4, -0.2) is 86.3 Å². The number of amides is 1. The number of hydrogen-bond acceptors (Lipinski definition) is 8. The lowest BCUT2D eigenvalue weighted by molar-refractivity contribution is -0.121. The lowest BCUT2D eigenvalue weighted by Crippen LogP contribution is -2.55. The average molecular weight is 518 g/mol. The highest BCUT2D eigenvalue weighted by Gasteiger charge is 2.28. The molecule has 1 amide bonds. The Labute approximate surface area is 222 Å². The van der Waals surface area contributed by atoms with Gasteiger partial charge < -0.3 is 25.3 Å². The van der Waals surface area contributed by atoms with Crippen molar-refractivity contribution in [1.82, 2.24) is 34.5 Å². The summed E-state index contributed by atoms with van der Waals surface area (Å²) >= 11 is 0. The van der Waals surface area contributed by atoms with Gasteiger partial charge in [0.1, 0.15) is 5.69 Å². The number of para-hydroxylation sites is 1. The van der Waals surface area contributed by atoms with E-state index in [1.165, 1.54) is 0 Å². The molecule has 4 heterocycles. The topological polar surface area (TPSA) is 116 Å². The number of piperazine rings is 1. The third kappa shape index (κ3) is 4.94. The molecule has 0 aliphatic carbocycles. The molecule has 0 spiro atoms. The first-order valence-electron chi connectivity index (χ1n) is 12.8. The molecule has 3 N–H and O–H groups in total. The molecule has 1 aliphatic rings. The van der Waals surface area contributed by atoms with Crippen molar-refractivity contribution in [2.75, 3.05) is 44.4 Å². The molecule has 1 aliphatic heterocycles. The number of nitrogens with zero attached hydrogens (tertiary/aromatic N) is 6. The first kappa shape index (κ1) is 25.7. The number of carbonyl (C=O) groups excluding carboxylic acids is 1. The second-order valence-electron chi connectivity index (χ2n) is 10.00. The van der Waals surface area contributed by atoms with Gasteiger partial charge in [0.05, 0.1) is 36.2 Å². The molecule has 11 heteroatoms. The lowest BCUT2D eigenvalue weighted by atomic mass is 10.1. The second-order valence-corrected chi connectivity index (χ2v) is 10.00. The van der Waals surface area contributed by atoms with Crippen LogP contribution in [0.1, 0.15) is 19.4 Å². The van der Waals surface area contributed by atoms with E-state index in [0.29, 0.717) is 23.6 Å². The molecule has 200 valence electrons. The summed E-state index contributed by atoms with van der Waals surface area (Å²) in [7, 11) is 5.53. The van der Waals surface area contributed by atoms with E-state index in [0.717, 1.165) is 53.0 Å². The number of H-pyrrole nitrogens is 1. The number of nitrogens with one attached hydrogen (secondary N) is 3. The molecule has 2 atom stereocenters. The van der Waals surface area contributed by atoms with Crippen molar-refractivity contribution in [2.45, 2.75) is 32.9 Å². The zero-order valence-electron chi connectivity index (χ0n) is 22.7. The van der Waals surface area contributed by atoms with Crippen LogP contribution in [0.25, 0.3) is 22.2 Å². The van der Waals surface area contributed by atoms with Gasteiger partial charge in [-0.05, 0) is 39.4 Å². The summed E-state index contributed by atoms with van der Waals surface area (Å²) in [6.45, 7) is 8.85. The van der Waals surface area contributed by atoms with Gasteiger partial charge in [0.15, 0.2) is 0 Å². The van der Waals surface area contributed by atoms with Gasteiger partial charge in [-0.1, -0.05) is 12.1 Å². The van der Waals surface area contributed by atoms with Crippen molar-refractivity contribution in [3.05, 3.63) is 42.4 Å². The van der Waals surface area contributed by atoms with Crippen LogP contribution in [0.5, 0.6) is 5.88 Å². The van der Waals surface area contributed by atoms with Crippen molar-refractivity contribution in [3.8, 4) is 17.1 Å². The number of aryl methyl sites for hydroxylation is 2. The van der Waals surface area contributed by atoms with Crippen molar-refractivity contribution >= 4 is 34.1 Å². The summed E-state index contributed by atoms with van der Waals surface area (Å²) < 4.78 is 7.00. The van der Waals surface area contributed by atoms with Gasteiger partial charge in [-0.3, -0.25) is 14.4 Å². The van der Waals surface area contributed by atoms with Crippen molar-refractivity contribution < 1.29 is 9.53 Å². The van der Waals surface area contributed by atoms with Crippen LogP contribution < -0.4 is 15.4 Å². The molecule has 0 bridgehead atoms. The van der Waals surface area contributed by atoms with Crippen LogP contribution in [-0.2, 0) is 11.8 Å². The number of aromatic nitrogens is 5. The number of anilines is 3. The fraction of sp³-hybridized carbons (Fsp3) is 0.407. The summed E-state index contributed by atoms with van der Waals surface area (Å²) in [5.74, 6) is 0.887. The Morgan fingerprint density at radius 3 is 2.82 bits per heavy atom. The van der Waals surface area contributed by atoms with E-state index in [1.807, 2.05) is 51.5 Å². The summed E-state index contributed by atoms with van der Waals surface area (Å²) in [5, 5.41) is 11.6. The Hall–Kier alpha value is -3.96. The largest absolute Gasteiger partial charge is 0.478 e. The van der Waals surface area contributed by atoms with E-state index in [9.17, 15) is 4.79 Å². The second kappa shape index (κ2) is 10.4. The molecule has 5 rings (SSSR count). The molecular formula is C27H35N9O2. The Balaban J connectivity index is 1.40. The first-order valence-corrected chi connectivity index (χ1v) is 12.8. The molecule has 1 saturated heterocycles. The molecule has 0 saturated carbocycles. The van der Waals surface area contributed by atoms with Gasteiger partial charge in [-0.2, -0.15) is 0 Å². The number of aromatic amines is 1. The number of benzene rings is 1. The van der Waals surface area contributed by atoms with Crippen LogP contribution >= 0.6 is 0 Å². The summed E-state index contributed by atoms with van der Waals surface area (Å²) in [5.41, 5.74) is 4.94. The molecule has 1 unspecified atom stereocenters. The maximum Gasteiger partial charge on any atom is 0.256 e. The quantitative estimate of drug-likeness (QED) is 0.342. The van der Waals surface area contributed by atoms with Gasteiger partial charge in [0.2, 0.25) is 11.9 Å². The number of methoxy groups -OCH3 is 1. The predicted octanol–water partition coefficient (Wildman–Crippen LogP) is 3.38. The molecule has 3 aromatic heterocycles. The fourth-order valence-corrected chi connectivity index (χ4v) is 4.89. The minimum absolute atomic E-state index is 0.0134. The van der Waals surface area contributed by atoms with Crippen molar-refractivity contribution in [2.24, 2.45) is 7.05 Å². The molecule has 38 heavy (non-hydrogen) atoms. The van der Waals surface area contributed by atoms with E-state index in [4.69, 9.17) is 9.72 Å². The minimum atomic E-state index is -0.224. The number of fused-ring (bicyclic) bond motifs is 1. The van der Waals surface area contributed by atoms with E-state index < -0.39 is 0 Å². The van der Waals surface area contributed by atoms with E-state index in [-0.39, 0.29) is 11.9 Å². The van der Waals surface area contributed by atoms with Crippen LogP contribution in [0.15, 0.2) is 36.8 Å². The summed E-state index contributed by atoms with van der Waals surface area (Å²) in [6, 6.07) is 6.10. The van der Waals surface area contributed by atoms with E-state index in [1.54, 1.807) is 18.0 Å². The maximum atomic E-state index is 13.2. The van der Waals surface area contributed by atoms with Crippen LogP contribution in [0.3, 0.4) is 0 Å². The average Bonchev–Trinajstić information content (AvgIpc) is 3.49. The third-order valence-electron chi connectivity index (χ3n) is 7.35. The molecule has 1 fully saturated rings. The molecule has 11 nitrogen and oxygen atoms in total. The number of ether oxygens (including phenoxy) is 1. The zero-order valence-corrected chi connectivity index (χ0v) is 22.7. The highest BCUT2D eigenvalue weighted by Crippen LogP contribution is 2.34. The van der Waals surface area contributed by atoms with Crippen molar-refractivity contribution in [1.29, 1.82) is 0 Å². The van der Waals surface area contributed by atoms with Gasteiger partial charge in [0, 0.05) is 56.1 Å². The van der Waals surface area contributed by atoms with Gasteiger partial charge >= 0.3 is 0 Å². The highest BCUT2D eigenvalue weighted by molar-refractivity contribution is 6.06.